The van der Waals surface area contributed by atoms with Crippen molar-refractivity contribution < 1.29 is 9.84 Å². The lowest BCUT2D eigenvalue weighted by Crippen LogP contribution is -2.36. The summed E-state index contributed by atoms with van der Waals surface area (Å²) in [5, 5.41) is 17.9. The molecule has 0 fully saturated rings. The molecule has 2 aromatic carbocycles. The molecule has 1 aliphatic heterocycles. The second-order valence-corrected chi connectivity index (χ2v) is 6.35. The minimum Gasteiger partial charge on any atom is -0.508 e. The van der Waals surface area contributed by atoms with Crippen molar-refractivity contribution in [2.24, 2.45) is 4.99 Å². The largest absolute Gasteiger partial charge is 0.508 e. The molecule has 7 nitrogen and oxygen atoms in total. The predicted octanol–water partition coefficient (Wildman–Crippen LogP) is 2.24. The average Bonchev–Trinajstić information content (AvgIpc) is 3.18. The molecule has 1 aliphatic rings. The molecule has 4 rings (SSSR count). The van der Waals surface area contributed by atoms with Crippen LogP contribution in [0.2, 0.25) is 0 Å². The van der Waals surface area contributed by atoms with Crippen LogP contribution in [0.25, 0.3) is 22.2 Å². The SMILES string of the molecule is Cc1cc(OCCNC2=NCCN2)nc(-c2ccc3cc(O)ccc3c2)n1. The summed E-state index contributed by atoms with van der Waals surface area (Å²) in [6.45, 7) is 4.73. The third-order valence-electron chi connectivity index (χ3n) is 4.23. The smallest absolute Gasteiger partial charge is 0.217 e. The number of benzene rings is 2. The highest BCUT2D eigenvalue weighted by molar-refractivity contribution is 5.87. The molecular formula is C20H21N5O2. The summed E-state index contributed by atoms with van der Waals surface area (Å²) in [7, 11) is 0. The molecule has 0 radical (unpaired) electrons. The topological polar surface area (TPSA) is 91.7 Å². The lowest BCUT2D eigenvalue weighted by atomic mass is 10.1. The standard InChI is InChI=1S/C20H21N5O2/c1-13-10-18(27-9-8-23-20-21-6-7-22-20)25-19(24-13)16-3-2-15-12-17(26)5-4-14(15)11-16/h2-5,10-12,26H,6-9H2,1H3,(H2,21,22,23). The van der Waals surface area contributed by atoms with E-state index in [1.54, 1.807) is 12.1 Å². The van der Waals surface area contributed by atoms with Crippen molar-refractivity contribution in [3.05, 3.63) is 48.2 Å². The van der Waals surface area contributed by atoms with Crippen molar-refractivity contribution in [3.8, 4) is 23.0 Å². The zero-order chi connectivity index (χ0) is 18.6. The number of rotatable bonds is 5. The summed E-state index contributed by atoms with van der Waals surface area (Å²) < 4.78 is 5.78. The molecule has 1 aromatic heterocycles. The van der Waals surface area contributed by atoms with E-state index in [9.17, 15) is 5.11 Å². The molecule has 3 aromatic rings. The molecule has 0 unspecified atom stereocenters. The molecule has 0 saturated heterocycles. The van der Waals surface area contributed by atoms with Crippen molar-refractivity contribution in [2.75, 3.05) is 26.2 Å². The molecule has 0 aliphatic carbocycles. The monoisotopic (exact) mass is 363 g/mol. The molecule has 7 heteroatoms. The van der Waals surface area contributed by atoms with Crippen molar-refractivity contribution in [1.82, 2.24) is 20.6 Å². The number of hydrogen-bond acceptors (Lipinski definition) is 7. The Morgan fingerprint density at radius 3 is 2.81 bits per heavy atom. The molecule has 0 amide bonds. The van der Waals surface area contributed by atoms with E-state index < -0.39 is 0 Å². The van der Waals surface area contributed by atoms with E-state index in [-0.39, 0.29) is 5.75 Å². The maximum Gasteiger partial charge on any atom is 0.217 e. The van der Waals surface area contributed by atoms with Gasteiger partial charge < -0.3 is 20.5 Å². The Labute approximate surface area is 157 Å². The van der Waals surface area contributed by atoms with Gasteiger partial charge in [-0.25, -0.2) is 4.98 Å². The minimum absolute atomic E-state index is 0.255. The van der Waals surface area contributed by atoms with Crippen LogP contribution in [-0.2, 0) is 0 Å². The van der Waals surface area contributed by atoms with E-state index >= 15 is 0 Å². The number of aliphatic imine (C=N–C) groups is 1. The second kappa shape index (κ2) is 7.49. The quantitative estimate of drug-likeness (QED) is 0.602. The van der Waals surface area contributed by atoms with Crippen LogP contribution < -0.4 is 15.4 Å². The Morgan fingerprint density at radius 2 is 1.96 bits per heavy atom. The Bertz CT molecular complexity index is 1000. The van der Waals surface area contributed by atoms with E-state index in [2.05, 4.69) is 25.6 Å². The maximum atomic E-state index is 9.60. The fraction of sp³-hybridized carbons (Fsp3) is 0.250. The number of nitrogens with one attached hydrogen (secondary N) is 2. The average molecular weight is 363 g/mol. The number of ether oxygens (including phenoxy) is 1. The van der Waals surface area contributed by atoms with Crippen LogP contribution in [0.5, 0.6) is 11.6 Å². The van der Waals surface area contributed by atoms with Gasteiger partial charge in [-0.15, -0.1) is 0 Å². The van der Waals surface area contributed by atoms with Gasteiger partial charge in [0.1, 0.15) is 12.4 Å². The number of nitrogens with zero attached hydrogens (tertiary/aromatic N) is 3. The maximum absolute atomic E-state index is 9.60. The summed E-state index contributed by atoms with van der Waals surface area (Å²) in [6, 6.07) is 13.0. The number of guanidine groups is 1. The first kappa shape index (κ1) is 17.1. The van der Waals surface area contributed by atoms with Gasteiger partial charge in [0.05, 0.1) is 13.1 Å². The summed E-state index contributed by atoms with van der Waals surface area (Å²) >= 11 is 0. The van der Waals surface area contributed by atoms with Gasteiger partial charge in [0, 0.05) is 23.9 Å². The molecule has 0 saturated carbocycles. The Balaban J connectivity index is 1.49. The van der Waals surface area contributed by atoms with Crippen LogP contribution >= 0.6 is 0 Å². The highest BCUT2D eigenvalue weighted by Gasteiger charge is 2.08. The van der Waals surface area contributed by atoms with Gasteiger partial charge in [0.2, 0.25) is 5.88 Å². The summed E-state index contributed by atoms with van der Waals surface area (Å²) in [4.78, 5) is 13.4. The minimum atomic E-state index is 0.255. The van der Waals surface area contributed by atoms with Crippen molar-refractivity contribution >= 4 is 16.7 Å². The van der Waals surface area contributed by atoms with E-state index in [0.29, 0.717) is 24.9 Å². The molecule has 0 spiro atoms. The van der Waals surface area contributed by atoms with Gasteiger partial charge in [-0.05, 0) is 35.9 Å². The number of aryl methyl sites for hydroxylation is 1. The molecule has 2 heterocycles. The van der Waals surface area contributed by atoms with Crippen molar-refractivity contribution in [2.45, 2.75) is 6.92 Å². The summed E-state index contributed by atoms with van der Waals surface area (Å²) in [5.41, 5.74) is 1.75. The normalized spacial score (nSPS) is 13.3. The lowest BCUT2D eigenvalue weighted by molar-refractivity contribution is 0.309. The van der Waals surface area contributed by atoms with Gasteiger partial charge >= 0.3 is 0 Å². The zero-order valence-corrected chi connectivity index (χ0v) is 15.1. The second-order valence-electron chi connectivity index (χ2n) is 6.35. The lowest BCUT2D eigenvalue weighted by Gasteiger charge is -2.10. The highest BCUT2D eigenvalue weighted by Crippen LogP contribution is 2.26. The van der Waals surface area contributed by atoms with Crippen LogP contribution in [-0.4, -0.2) is 47.3 Å². The number of aromatic nitrogens is 2. The third kappa shape index (κ3) is 4.08. The highest BCUT2D eigenvalue weighted by atomic mass is 16.5. The van der Waals surface area contributed by atoms with Gasteiger partial charge in [0.15, 0.2) is 11.8 Å². The Kier molecular flexibility index (Phi) is 4.74. The van der Waals surface area contributed by atoms with E-state index in [1.165, 1.54) is 0 Å². The fourth-order valence-corrected chi connectivity index (χ4v) is 2.96. The summed E-state index contributed by atoms with van der Waals surface area (Å²) in [5.74, 6) is 2.24. The first-order valence-corrected chi connectivity index (χ1v) is 8.91. The van der Waals surface area contributed by atoms with Crippen LogP contribution in [0, 0.1) is 6.92 Å². The van der Waals surface area contributed by atoms with Gasteiger partial charge in [-0.1, -0.05) is 18.2 Å². The molecular weight excluding hydrogens is 342 g/mol. The van der Waals surface area contributed by atoms with Gasteiger partial charge in [-0.2, -0.15) is 4.98 Å². The number of fused-ring (bicyclic) bond motifs is 1. The van der Waals surface area contributed by atoms with Crippen LogP contribution in [0.4, 0.5) is 0 Å². The first-order valence-electron chi connectivity index (χ1n) is 8.91. The fourth-order valence-electron chi connectivity index (χ4n) is 2.96. The number of hydrogen-bond donors (Lipinski definition) is 3. The van der Waals surface area contributed by atoms with Crippen molar-refractivity contribution in [1.29, 1.82) is 0 Å². The molecule has 0 atom stereocenters. The third-order valence-corrected chi connectivity index (χ3v) is 4.23. The number of aromatic hydroxyl groups is 1. The Morgan fingerprint density at radius 1 is 1.11 bits per heavy atom. The number of phenolic OH excluding ortho intramolecular Hbond substituents is 1. The van der Waals surface area contributed by atoms with Crippen LogP contribution in [0.1, 0.15) is 5.69 Å². The van der Waals surface area contributed by atoms with E-state index in [1.807, 2.05) is 37.3 Å². The zero-order valence-electron chi connectivity index (χ0n) is 15.1. The summed E-state index contributed by atoms with van der Waals surface area (Å²) in [6.07, 6.45) is 0. The van der Waals surface area contributed by atoms with E-state index in [4.69, 9.17) is 4.74 Å². The Hall–Kier alpha value is -3.35. The molecule has 27 heavy (non-hydrogen) atoms. The van der Waals surface area contributed by atoms with Gasteiger partial charge in [0.25, 0.3) is 0 Å². The molecule has 0 bridgehead atoms. The molecule has 3 N–H and O–H groups in total. The van der Waals surface area contributed by atoms with Crippen molar-refractivity contribution in [3.63, 3.8) is 0 Å². The van der Waals surface area contributed by atoms with Crippen LogP contribution in [0.3, 0.4) is 0 Å². The van der Waals surface area contributed by atoms with E-state index in [0.717, 1.165) is 41.1 Å². The first-order chi connectivity index (χ1) is 13.2. The number of phenols is 1. The van der Waals surface area contributed by atoms with Gasteiger partial charge in [-0.3, -0.25) is 4.99 Å². The van der Waals surface area contributed by atoms with Crippen LogP contribution in [0.15, 0.2) is 47.5 Å². The predicted molar refractivity (Wildman–Crippen MR) is 105 cm³/mol. The molecule has 138 valence electrons.